The van der Waals surface area contributed by atoms with Crippen LogP contribution in [-0.4, -0.2) is 139 Å². The van der Waals surface area contributed by atoms with E-state index in [0.29, 0.717) is 49.2 Å². The number of aliphatic hydroxyl groups is 5. The lowest BCUT2D eigenvalue weighted by Crippen LogP contribution is -2.60. The summed E-state index contributed by atoms with van der Waals surface area (Å²) < 4.78 is 13.1. The highest BCUT2D eigenvalue weighted by atomic mass is 16.7. The van der Waals surface area contributed by atoms with E-state index in [4.69, 9.17) is 9.47 Å². The van der Waals surface area contributed by atoms with Gasteiger partial charge in [-0.05, 0) is 61.8 Å². The van der Waals surface area contributed by atoms with E-state index in [-0.39, 0.29) is 37.3 Å². The number of benzene rings is 2. The van der Waals surface area contributed by atoms with Crippen molar-refractivity contribution in [2.75, 3.05) is 45.9 Å². The molecular formula is C38H55N5O9. The first-order valence-corrected chi connectivity index (χ1v) is 18.3. The van der Waals surface area contributed by atoms with Crippen molar-refractivity contribution >= 4 is 22.7 Å². The normalized spacial score (nSPS) is 23.0. The third-order valence-corrected chi connectivity index (χ3v) is 9.84. The lowest BCUT2D eigenvalue weighted by atomic mass is 9.99. The van der Waals surface area contributed by atoms with Gasteiger partial charge in [-0.1, -0.05) is 50.2 Å². The molecule has 0 unspecified atom stereocenters. The van der Waals surface area contributed by atoms with Crippen LogP contribution < -0.4 is 10.1 Å². The van der Waals surface area contributed by atoms with Crippen LogP contribution in [0.4, 0.5) is 0 Å². The fourth-order valence-electron chi connectivity index (χ4n) is 7.01. The van der Waals surface area contributed by atoms with Crippen molar-refractivity contribution in [3.05, 3.63) is 59.2 Å². The number of carbonyl (C=O) groups is 2. The average molecular weight is 726 g/mol. The zero-order valence-electron chi connectivity index (χ0n) is 30.6. The Morgan fingerprint density at radius 3 is 2.25 bits per heavy atom. The van der Waals surface area contributed by atoms with Crippen molar-refractivity contribution in [1.29, 1.82) is 0 Å². The van der Waals surface area contributed by atoms with Crippen molar-refractivity contribution in [2.24, 2.45) is 5.92 Å². The summed E-state index contributed by atoms with van der Waals surface area (Å²) in [4.78, 5) is 30.4. The second-order valence-corrected chi connectivity index (χ2v) is 14.9. The van der Waals surface area contributed by atoms with E-state index in [0.717, 1.165) is 36.3 Å². The molecule has 6 N–H and O–H groups in total. The molecule has 0 radical (unpaired) electrons. The van der Waals surface area contributed by atoms with Crippen molar-refractivity contribution < 1.29 is 44.6 Å². The van der Waals surface area contributed by atoms with Gasteiger partial charge in [-0.3, -0.25) is 19.2 Å². The Kier molecular flexibility index (Phi) is 13.3. The molecule has 52 heavy (non-hydrogen) atoms. The Bertz CT molecular complexity index is 1640. The number of aryl methyl sites for hydroxylation is 3. The van der Waals surface area contributed by atoms with Gasteiger partial charge in [-0.2, -0.15) is 0 Å². The van der Waals surface area contributed by atoms with Gasteiger partial charge in [-0.15, -0.1) is 5.10 Å². The van der Waals surface area contributed by atoms with Gasteiger partial charge in [0.2, 0.25) is 24.0 Å². The molecule has 5 rings (SSSR count). The summed E-state index contributed by atoms with van der Waals surface area (Å²) in [6.07, 6.45) is -5.17. The molecule has 0 bridgehead atoms. The molecule has 286 valence electrons. The topological polar surface area (TPSA) is 190 Å². The Morgan fingerprint density at radius 2 is 1.62 bits per heavy atom. The van der Waals surface area contributed by atoms with Crippen LogP contribution in [0, 0.1) is 5.92 Å². The highest BCUT2D eigenvalue weighted by Crippen LogP contribution is 2.33. The molecule has 14 heteroatoms. The first-order valence-electron chi connectivity index (χ1n) is 18.3. The largest absolute Gasteiger partial charge is 0.443 e. The van der Waals surface area contributed by atoms with Crippen LogP contribution in [-0.2, 0) is 40.1 Å². The minimum atomic E-state index is -1.60. The zero-order valence-corrected chi connectivity index (χ0v) is 30.6. The summed E-state index contributed by atoms with van der Waals surface area (Å²) in [6, 6.07) is 13.7. The third-order valence-electron chi connectivity index (χ3n) is 9.84. The molecule has 2 aliphatic rings. The van der Waals surface area contributed by atoms with Crippen molar-refractivity contribution in [3.63, 3.8) is 0 Å². The number of hydrogen-bond donors (Lipinski definition) is 6. The van der Waals surface area contributed by atoms with E-state index < -0.39 is 42.9 Å². The van der Waals surface area contributed by atoms with E-state index in [1.807, 2.05) is 47.4 Å². The molecule has 2 fully saturated rings. The first-order chi connectivity index (χ1) is 24.8. The van der Waals surface area contributed by atoms with E-state index in [2.05, 4.69) is 29.2 Å². The van der Waals surface area contributed by atoms with Gasteiger partial charge in [0.25, 0.3) is 0 Å². The Hall–Kier alpha value is -3.63. The smallest absolute Gasteiger partial charge is 0.247 e. The lowest BCUT2D eigenvalue weighted by molar-refractivity contribution is -0.278. The summed E-state index contributed by atoms with van der Waals surface area (Å²) in [5, 5.41) is 58.4. The van der Waals surface area contributed by atoms with Gasteiger partial charge in [0.05, 0.1) is 30.7 Å². The van der Waals surface area contributed by atoms with Crippen molar-refractivity contribution in [3.8, 4) is 5.88 Å². The maximum atomic E-state index is 13.3. The van der Waals surface area contributed by atoms with Crippen LogP contribution in [0.3, 0.4) is 0 Å². The molecule has 0 saturated carbocycles. The second-order valence-electron chi connectivity index (χ2n) is 14.9. The Morgan fingerprint density at radius 1 is 0.942 bits per heavy atom. The predicted octanol–water partition coefficient (Wildman–Crippen LogP) is 0.620. The number of fused-ring (bicyclic) bond motifs is 1. The molecule has 1 aromatic heterocycles. The van der Waals surface area contributed by atoms with E-state index in [1.54, 1.807) is 18.5 Å². The number of aromatic nitrogens is 2. The monoisotopic (exact) mass is 725 g/mol. The SMILES string of the molecule is CC(C)CN1CCN(C(=O)C(C)(C)NC(=O)CCc2ccc(CCc3cccc4c3c(O[C@@H]3O[C@H](CO)[C@@H](O)[C@H](O)[C@H]3O)nn4CCO)cc2)CC1. The number of aliphatic hydroxyl groups excluding tert-OH is 5. The molecule has 3 heterocycles. The van der Waals surface area contributed by atoms with Crippen LogP contribution in [0.15, 0.2) is 42.5 Å². The lowest BCUT2D eigenvalue weighted by Gasteiger charge is -2.39. The summed E-state index contributed by atoms with van der Waals surface area (Å²) in [5.41, 5.74) is 2.69. The van der Waals surface area contributed by atoms with E-state index >= 15 is 0 Å². The average Bonchev–Trinajstić information content (AvgIpc) is 3.47. The molecule has 5 atom stereocenters. The summed E-state index contributed by atoms with van der Waals surface area (Å²) in [6.45, 7) is 11.4. The number of ether oxygens (including phenoxy) is 2. The van der Waals surface area contributed by atoms with Gasteiger partial charge in [0.15, 0.2) is 0 Å². The van der Waals surface area contributed by atoms with Gasteiger partial charge in [-0.25, -0.2) is 0 Å². The Balaban J connectivity index is 1.17. The summed E-state index contributed by atoms with van der Waals surface area (Å²) in [5.74, 6) is 0.485. The van der Waals surface area contributed by atoms with Crippen LogP contribution in [0.1, 0.15) is 50.8 Å². The van der Waals surface area contributed by atoms with Crippen molar-refractivity contribution in [1.82, 2.24) is 24.9 Å². The zero-order chi connectivity index (χ0) is 37.6. The van der Waals surface area contributed by atoms with Crippen LogP contribution in [0.5, 0.6) is 5.88 Å². The molecule has 2 aromatic carbocycles. The predicted molar refractivity (Wildman–Crippen MR) is 193 cm³/mol. The van der Waals surface area contributed by atoms with E-state index in [9.17, 15) is 35.1 Å². The molecule has 14 nitrogen and oxygen atoms in total. The minimum absolute atomic E-state index is 0.0570. The standard InChI is InChI=1S/C38H55N5O9/c1-24(2)22-41-16-18-42(19-17-41)37(50)38(3,4)39-30(46)15-13-26-10-8-25(9-11-26)12-14-27-6-5-7-28-31(27)35(40-43(28)20-21-44)52-36-34(49)33(48)32(47)29(23-45)51-36/h5-11,24,29,32-34,36,44-45,47-49H,12-23H2,1-4H3,(H,39,46)/t29-,32-,33+,34-,36+/m1/s1. The second kappa shape index (κ2) is 17.5. The van der Waals surface area contributed by atoms with Gasteiger partial charge < -0.3 is 45.2 Å². The molecule has 0 aliphatic carbocycles. The molecule has 2 saturated heterocycles. The van der Waals surface area contributed by atoms with Crippen LogP contribution in [0.2, 0.25) is 0 Å². The van der Waals surface area contributed by atoms with Crippen molar-refractivity contribution in [2.45, 2.75) is 96.2 Å². The molecule has 3 aromatic rings. The van der Waals surface area contributed by atoms with Crippen LogP contribution >= 0.6 is 0 Å². The molecule has 0 spiro atoms. The van der Waals surface area contributed by atoms with Crippen LogP contribution in [0.25, 0.3) is 10.9 Å². The van der Waals surface area contributed by atoms with Gasteiger partial charge >= 0.3 is 0 Å². The maximum Gasteiger partial charge on any atom is 0.247 e. The number of rotatable bonds is 15. The number of amides is 2. The molecular weight excluding hydrogens is 670 g/mol. The Labute approximate surface area is 304 Å². The van der Waals surface area contributed by atoms with Gasteiger partial charge in [0, 0.05) is 39.1 Å². The quantitative estimate of drug-likeness (QED) is 0.129. The fraction of sp³-hybridized carbons (Fsp3) is 0.605. The molecule has 2 amide bonds. The summed E-state index contributed by atoms with van der Waals surface area (Å²) in [7, 11) is 0. The number of piperazine rings is 1. The highest BCUT2D eigenvalue weighted by molar-refractivity contribution is 5.91. The number of hydrogen-bond acceptors (Lipinski definition) is 11. The fourth-order valence-corrected chi connectivity index (χ4v) is 7.01. The highest BCUT2D eigenvalue weighted by Gasteiger charge is 2.45. The number of carbonyl (C=O) groups excluding carboxylic acids is 2. The first kappa shape index (κ1) is 39.6. The number of nitrogens with one attached hydrogen (secondary N) is 1. The third kappa shape index (κ3) is 9.47. The van der Waals surface area contributed by atoms with Gasteiger partial charge in [0.1, 0.15) is 30.0 Å². The minimum Gasteiger partial charge on any atom is -0.443 e. The number of nitrogens with zero attached hydrogens (tertiary/aromatic N) is 4. The van der Waals surface area contributed by atoms with E-state index in [1.165, 1.54) is 0 Å². The maximum absolute atomic E-state index is 13.3. The summed E-state index contributed by atoms with van der Waals surface area (Å²) >= 11 is 0. The molecule has 2 aliphatic heterocycles.